The van der Waals surface area contributed by atoms with Gasteiger partial charge in [-0.2, -0.15) is 0 Å². The van der Waals surface area contributed by atoms with Crippen LogP contribution < -0.4 is 5.32 Å². The lowest BCUT2D eigenvalue weighted by molar-refractivity contribution is -0.142. The number of hydrogen-bond acceptors (Lipinski definition) is 5. The van der Waals surface area contributed by atoms with Crippen molar-refractivity contribution in [3.05, 3.63) is 0 Å². The first kappa shape index (κ1) is 15.1. The smallest absolute Gasteiger partial charge is 0.323 e. The summed E-state index contributed by atoms with van der Waals surface area (Å²) in [7, 11) is 1.46. The Kier molecular flexibility index (Phi) is 5.57. The van der Waals surface area contributed by atoms with Crippen LogP contribution in [0.25, 0.3) is 0 Å². The van der Waals surface area contributed by atoms with E-state index in [1.165, 1.54) is 7.11 Å². The minimum atomic E-state index is -0.123. The molecular weight excluding hydrogens is 260 g/mol. The Hall–Kier alpha value is 0.0300. The summed E-state index contributed by atoms with van der Waals surface area (Å²) in [6, 6.07) is -0.108. The van der Waals surface area contributed by atoms with E-state index in [-0.39, 0.29) is 29.3 Å². The fourth-order valence-corrected chi connectivity index (χ4v) is 3.83. The molecule has 0 aliphatic carbocycles. The van der Waals surface area contributed by atoms with Gasteiger partial charge >= 0.3 is 5.97 Å². The number of esters is 1. The fraction of sp³-hybridized carbons (Fsp3) is 0.909. The minimum absolute atomic E-state index is 0. The molecule has 2 fully saturated rings. The van der Waals surface area contributed by atoms with Crippen molar-refractivity contribution < 1.29 is 9.53 Å². The second-order valence-corrected chi connectivity index (χ2v) is 5.86. The standard InChI is InChI=1S/C11H20N2O2S.ClH/c1-3-13-6-4-11(5-7-13)12-9(8-16-11)10(14)15-2;/h9,12H,3-8H2,1-2H3;1H. The van der Waals surface area contributed by atoms with Crippen LogP contribution in [0, 0.1) is 0 Å². The van der Waals surface area contributed by atoms with Crippen molar-refractivity contribution in [1.82, 2.24) is 10.2 Å². The van der Waals surface area contributed by atoms with Crippen LogP contribution in [0.4, 0.5) is 0 Å². The number of rotatable bonds is 2. The van der Waals surface area contributed by atoms with Crippen molar-refractivity contribution in [2.75, 3.05) is 32.5 Å². The van der Waals surface area contributed by atoms with Gasteiger partial charge in [0.1, 0.15) is 6.04 Å². The summed E-state index contributed by atoms with van der Waals surface area (Å²) in [5.41, 5.74) is 0. The average molecular weight is 281 g/mol. The van der Waals surface area contributed by atoms with E-state index in [2.05, 4.69) is 17.1 Å². The summed E-state index contributed by atoms with van der Waals surface area (Å²) in [5.74, 6) is 0.723. The van der Waals surface area contributed by atoms with Crippen LogP contribution in [0.5, 0.6) is 0 Å². The van der Waals surface area contributed by atoms with Gasteiger partial charge in [-0.15, -0.1) is 24.2 Å². The normalized spacial score (nSPS) is 27.8. The number of halogens is 1. The lowest BCUT2D eigenvalue weighted by Crippen LogP contribution is -2.51. The molecule has 1 atom stereocenters. The zero-order valence-electron chi connectivity index (χ0n) is 10.4. The third kappa shape index (κ3) is 3.28. The van der Waals surface area contributed by atoms with E-state index >= 15 is 0 Å². The quantitative estimate of drug-likeness (QED) is 0.767. The van der Waals surface area contributed by atoms with E-state index in [9.17, 15) is 4.79 Å². The number of thioether (sulfide) groups is 1. The molecule has 0 aromatic carbocycles. The number of hydrogen-bond donors (Lipinski definition) is 1. The molecule has 2 aliphatic heterocycles. The number of piperidine rings is 1. The van der Waals surface area contributed by atoms with Gasteiger partial charge in [0.25, 0.3) is 0 Å². The summed E-state index contributed by atoms with van der Waals surface area (Å²) in [5, 5.41) is 3.46. The van der Waals surface area contributed by atoms with E-state index in [1.54, 1.807) is 0 Å². The maximum Gasteiger partial charge on any atom is 0.323 e. The largest absolute Gasteiger partial charge is 0.468 e. The first-order chi connectivity index (χ1) is 7.69. The molecule has 0 aromatic rings. The molecule has 2 aliphatic rings. The lowest BCUT2D eigenvalue weighted by atomic mass is 10.0. The molecule has 100 valence electrons. The Bertz CT molecular complexity index is 270. The number of nitrogens with zero attached hydrogens (tertiary/aromatic N) is 1. The molecule has 1 unspecified atom stereocenters. The van der Waals surface area contributed by atoms with E-state index in [0.29, 0.717) is 0 Å². The number of likely N-dealkylation sites (tertiary alicyclic amines) is 1. The van der Waals surface area contributed by atoms with Gasteiger partial charge in [0.15, 0.2) is 0 Å². The van der Waals surface area contributed by atoms with Crippen LogP contribution in [0.2, 0.25) is 0 Å². The van der Waals surface area contributed by atoms with E-state index < -0.39 is 0 Å². The van der Waals surface area contributed by atoms with Gasteiger partial charge in [0.2, 0.25) is 0 Å². The second-order valence-electron chi connectivity index (χ2n) is 4.46. The van der Waals surface area contributed by atoms with Crippen molar-refractivity contribution in [3.8, 4) is 0 Å². The molecule has 6 heteroatoms. The Labute approximate surface area is 113 Å². The SMILES string of the molecule is CCN1CCC2(CC1)NC(C(=O)OC)CS2.Cl. The molecule has 17 heavy (non-hydrogen) atoms. The van der Waals surface area contributed by atoms with Gasteiger partial charge in [-0.1, -0.05) is 6.92 Å². The van der Waals surface area contributed by atoms with Gasteiger partial charge in [0.05, 0.1) is 12.0 Å². The van der Waals surface area contributed by atoms with E-state index in [4.69, 9.17) is 4.74 Å². The van der Waals surface area contributed by atoms with E-state index in [0.717, 1.165) is 38.2 Å². The summed E-state index contributed by atoms with van der Waals surface area (Å²) in [6.07, 6.45) is 2.25. The van der Waals surface area contributed by atoms with Crippen LogP contribution in [-0.4, -0.2) is 54.3 Å². The van der Waals surface area contributed by atoms with Crippen LogP contribution >= 0.6 is 24.2 Å². The molecule has 2 saturated heterocycles. The van der Waals surface area contributed by atoms with Gasteiger partial charge in [-0.05, 0) is 19.4 Å². The Balaban J connectivity index is 0.00000144. The van der Waals surface area contributed by atoms with Crippen LogP contribution in [0.1, 0.15) is 19.8 Å². The van der Waals surface area contributed by atoms with Gasteiger partial charge in [0, 0.05) is 18.8 Å². The molecule has 0 aromatic heterocycles. The highest BCUT2D eigenvalue weighted by Gasteiger charge is 2.43. The topological polar surface area (TPSA) is 41.6 Å². The van der Waals surface area contributed by atoms with Gasteiger partial charge < -0.3 is 9.64 Å². The highest BCUT2D eigenvalue weighted by molar-refractivity contribution is 8.01. The predicted molar refractivity (Wildman–Crippen MR) is 72.7 cm³/mol. The minimum Gasteiger partial charge on any atom is -0.468 e. The molecule has 1 N–H and O–H groups in total. The molecule has 2 rings (SSSR count). The maximum atomic E-state index is 11.5. The molecular formula is C11H21ClN2O2S. The molecule has 0 radical (unpaired) electrons. The Morgan fingerprint density at radius 2 is 2.18 bits per heavy atom. The zero-order valence-corrected chi connectivity index (χ0v) is 12.0. The third-order valence-corrected chi connectivity index (χ3v) is 5.14. The van der Waals surface area contributed by atoms with Crippen molar-refractivity contribution in [1.29, 1.82) is 0 Å². The second kappa shape index (κ2) is 6.27. The van der Waals surface area contributed by atoms with Crippen molar-refractivity contribution >= 4 is 30.1 Å². The molecule has 2 heterocycles. The monoisotopic (exact) mass is 280 g/mol. The lowest BCUT2D eigenvalue weighted by Gasteiger charge is -2.38. The van der Waals surface area contributed by atoms with Crippen molar-refractivity contribution in [2.24, 2.45) is 0 Å². The first-order valence-electron chi connectivity index (χ1n) is 5.91. The van der Waals surface area contributed by atoms with Crippen LogP contribution in [0.3, 0.4) is 0 Å². The molecule has 1 spiro atoms. The summed E-state index contributed by atoms with van der Waals surface area (Å²) in [4.78, 5) is 14.0. The van der Waals surface area contributed by atoms with Crippen molar-refractivity contribution in [3.63, 3.8) is 0 Å². The van der Waals surface area contributed by atoms with Gasteiger partial charge in [-0.25, -0.2) is 0 Å². The number of carbonyl (C=O) groups excluding carboxylic acids is 1. The van der Waals surface area contributed by atoms with Crippen LogP contribution in [-0.2, 0) is 9.53 Å². The number of methoxy groups -OCH3 is 1. The number of ether oxygens (including phenoxy) is 1. The van der Waals surface area contributed by atoms with Crippen molar-refractivity contribution in [2.45, 2.75) is 30.7 Å². The first-order valence-corrected chi connectivity index (χ1v) is 6.89. The fourth-order valence-electron chi connectivity index (χ4n) is 2.43. The molecule has 0 saturated carbocycles. The maximum absolute atomic E-state index is 11.5. The molecule has 0 bridgehead atoms. The summed E-state index contributed by atoms with van der Waals surface area (Å²) in [6.45, 7) is 5.58. The number of nitrogens with one attached hydrogen (secondary N) is 1. The predicted octanol–water partition coefficient (Wildman–Crippen LogP) is 1.10. The number of carbonyl (C=O) groups is 1. The van der Waals surface area contributed by atoms with E-state index in [1.807, 2.05) is 11.8 Å². The summed E-state index contributed by atoms with van der Waals surface area (Å²) < 4.78 is 4.79. The molecule has 4 nitrogen and oxygen atoms in total. The molecule has 0 amide bonds. The average Bonchev–Trinajstić information content (AvgIpc) is 2.73. The highest BCUT2D eigenvalue weighted by Crippen LogP contribution is 2.39. The van der Waals surface area contributed by atoms with Crippen LogP contribution in [0.15, 0.2) is 0 Å². The third-order valence-electron chi connectivity index (χ3n) is 3.56. The zero-order chi connectivity index (χ0) is 11.6. The van der Waals surface area contributed by atoms with Gasteiger partial charge in [-0.3, -0.25) is 10.1 Å². The summed E-state index contributed by atoms with van der Waals surface area (Å²) >= 11 is 1.89. The Morgan fingerprint density at radius 1 is 1.53 bits per heavy atom. The Morgan fingerprint density at radius 3 is 2.71 bits per heavy atom. The highest BCUT2D eigenvalue weighted by atomic mass is 35.5.